The molecular weight excluding hydrogens is 392 g/mol. The molecule has 2 saturated heterocycles. The van der Waals surface area contributed by atoms with Crippen molar-refractivity contribution in [3.8, 4) is 0 Å². The first kappa shape index (κ1) is 21.8. The van der Waals surface area contributed by atoms with Crippen LogP contribution >= 0.6 is 0 Å². The molecule has 1 aromatic rings. The van der Waals surface area contributed by atoms with Gasteiger partial charge in [-0.2, -0.15) is 4.31 Å². The van der Waals surface area contributed by atoms with E-state index in [9.17, 15) is 18.0 Å². The SMILES string of the molecule is O=C(OCC(=O)N1CCCCCCC1)c1ccccc1S(=O)(=O)N1CCCCC1. The van der Waals surface area contributed by atoms with Gasteiger partial charge in [0.1, 0.15) is 0 Å². The van der Waals surface area contributed by atoms with Gasteiger partial charge in [0.05, 0.1) is 10.5 Å². The normalized spacial score (nSPS) is 19.2. The Morgan fingerprint density at radius 3 is 2.07 bits per heavy atom. The van der Waals surface area contributed by atoms with Gasteiger partial charge in [-0.15, -0.1) is 0 Å². The Hall–Kier alpha value is -1.93. The topological polar surface area (TPSA) is 84.0 Å². The number of likely N-dealkylation sites (tertiary alicyclic amines) is 1. The molecule has 0 radical (unpaired) electrons. The van der Waals surface area contributed by atoms with Gasteiger partial charge in [-0.1, -0.05) is 37.8 Å². The Kier molecular flexibility index (Phi) is 7.66. The molecule has 1 aromatic carbocycles. The third-order valence-electron chi connectivity index (χ3n) is 5.58. The van der Waals surface area contributed by atoms with Crippen LogP contribution in [0.4, 0.5) is 0 Å². The standard InChI is InChI=1S/C21H30N2O5S/c24-20(22-13-7-2-1-3-8-14-22)17-28-21(25)18-11-5-6-12-19(18)29(26,27)23-15-9-4-10-16-23/h5-6,11-12H,1-4,7-10,13-17H2. The quantitative estimate of drug-likeness (QED) is 0.682. The maximum atomic E-state index is 13.0. The van der Waals surface area contributed by atoms with Crippen molar-refractivity contribution in [2.45, 2.75) is 56.3 Å². The van der Waals surface area contributed by atoms with Crippen molar-refractivity contribution in [3.63, 3.8) is 0 Å². The molecule has 0 saturated carbocycles. The lowest BCUT2D eigenvalue weighted by Crippen LogP contribution is -2.37. The number of hydrogen-bond donors (Lipinski definition) is 0. The second-order valence-electron chi connectivity index (χ2n) is 7.69. The molecule has 0 bridgehead atoms. The summed E-state index contributed by atoms with van der Waals surface area (Å²) in [7, 11) is -3.77. The average molecular weight is 423 g/mol. The van der Waals surface area contributed by atoms with Gasteiger partial charge in [0, 0.05) is 26.2 Å². The minimum atomic E-state index is -3.77. The predicted molar refractivity (Wildman–Crippen MR) is 109 cm³/mol. The van der Waals surface area contributed by atoms with Crippen LogP contribution < -0.4 is 0 Å². The van der Waals surface area contributed by atoms with Crippen molar-refractivity contribution in [1.29, 1.82) is 0 Å². The van der Waals surface area contributed by atoms with Gasteiger partial charge in [-0.05, 0) is 37.8 Å². The van der Waals surface area contributed by atoms with Crippen molar-refractivity contribution < 1.29 is 22.7 Å². The first-order valence-corrected chi connectivity index (χ1v) is 12.0. The number of carbonyl (C=O) groups is 2. The van der Waals surface area contributed by atoms with Crippen molar-refractivity contribution in [3.05, 3.63) is 29.8 Å². The van der Waals surface area contributed by atoms with Crippen molar-refractivity contribution in [2.75, 3.05) is 32.8 Å². The second kappa shape index (κ2) is 10.2. The van der Waals surface area contributed by atoms with Crippen LogP contribution in [0.1, 0.15) is 61.7 Å². The van der Waals surface area contributed by atoms with E-state index in [2.05, 4.69) is 0 Å². The molecule has 2 heterocycles. The Morgan fingerprint density at radius 1 is 0.828 bits per heavy atom. The first-order valence-electron chi connectivity index (χ1n) is 10.5. The molecule has 0 aromatic heterocycles. The number of piperidine rings is 1. The highest BCUT2D eigenvalue weighted by Gasteiger charge is 2.30. The zero-order valence-electron chi connectivity index (χ0n) is 16.8. The van der Waals surface area contributed by atoms with Crippen molar-refractivity contribution in [2.24, 2.45) is 0 Å². The zero-order valence-corrected chi connectivity index (χ0v) is 17.7. The molecule has 2 fully saturated rings. The second-order valence-corrected chi connectivity index (χ2v) is 9.59. The highest BCUT2D eigenvalue weighted by Crippen LogP contribution is 2.24. The summed E-state index contributed by atoms with van der Waals surface area (Å²) in [5.74, 6) is -1.00. The van der Waals surface area contributed by atoms with E-state index in [1.807, 2.05) is 0 Å². The Balaban J connectivity index is 1.67. The van der Waals surface area contributed by atoms with Crippen LogP contribution in [0.25, 0.3) is 0 Å². The summed E-state index contributed by atoms with van der Waals surface area (Å²) >= 11 is 0. The lowest BCUT2D eigenvalue weighted by atomic mass is 10.1. The Morgan fingerprint density at radius 2 is 1.38 bits per heavy atom. The molecule has 7 nitrogen and oxygen atoms in total. The highest BCUT2D eigenvalue weighted by atomic mass is 32.2. The molecule has 0 unspecified atom stereocenters. The summed E-state index contributed by atoms with van der Waals surface area (Å²) < 4.78 is 32.7. The lowest BCUT2D eigenvalue weighted by molar-refractivity contribution is -0.134. The van der Waals surface area contributed by atoms with E-state index in [0.29, 0.717) is 26.2 Å². The number of benzene rings is 1. The number of sulfonamides is 1. The Labute approximate surface area is 173 Å². The maximum Gasteiger partial charge on any atom is 0.340 e. The highest BCUT2D eigenvalue weighted by molar-refractivity contribution is 7.89. The largest absolute Gasteiger partial charge is 0.452 e. The van der Waals surface area contributed by atoms with Gasteiger partial charge >= 0.3 is 5.97 Å². The molecular formula is C21H30N2O5S. The monoisotopic (exact) mass is 422 g/mol. The van der Waals surface area contributed by atoms with Crippen molar-refractivity contribution >= 4 is 21.9 Å². The van der Waals surface area contributed by atoms with Crippen LogP contribution in [0.2, 0.25) is 0 Å². The Bertz CT molecular complexity index is 810. The fourth-order valence-corrected chi connectivity index (χ4v) is 5.59. The van der Waals surface area contributed by atoms with Gasteiger partial charge in [0.15, 0.2) is 6.61 Å². The third-order valence-corrected chi connectivity index (χ3v) is 7.53. The number of rotatable bonds is 5. The van der Waals surface area contributed by atoms with Gasteiger partial charge in [-0.3, -0.25) is 4.79 Å². The van der Waals surface area contributed by atoms with Crippen LogP contribution in [0.15, 0.2) is 29.2 Å². The van der Waals surface area contributed by atoms with Crippen molar-refractivity contribution in [1.82, 2.24) is 9.21 Å². The molecule has 2 aliphatic heterocycles. The first-order chi connectivity index (χ1) is 14.0. The fraction of sp³-hybridized carbons (Fsp3) is 0.619. The number of ether oxygens (including phenoxy) is 1. The van der Waals surface area contributed by atoms with Gasteiger partial charge < -0.3 is 9.64 Å². The molecule has 1 amide bonds. The molecule has 3 rings (SSSR count). The smallest absolute Gasteiger partial charge is 0.340 e. The zero-order chi connectivity index (χ0) is 20.7. The van der Waals surface area contributed by atoms with E-state index in [1.165, 1.54) is 22.9 Å². The summed E-state index contributed by atoms with van der Waals surface area (Å²) in [6, 6.07) is 6.07. The van der Waals surface area contributed by atoms with E-state index in [-0.39, 0.29) is 23.0 Å². The number of esters is 1. The molecule has 29 heavy (non-hydrogen) atoms. The summed E-state index contributed by atoms with van der Waals surface area (Å²) in [6.07, 6.45) is 7.95. The molecule has 160 valence electrons. The fourth-order valence-electron chi connectivity index (χ4n) is 3.90. The number of amides is 1. The van der Waals surface area contributed by atoms with E-state index in [4.69, 9.17) is 4.74 Å². The van der Waals surface area contributed by atoms with Gasteiger partial charge in [-0.25, -0.2) is 13.2 Å². The van der Waals surface area contributed by atoms with Crippen LogP contribution in [-0.4, -0.2) is 62.3 Å². The number of nitrogens with zero attached hydrogens (tertiary/aromatic N) is 2. The molecule has 8 heteroatoms. The predicted octanol–water partition coefficient (Wildman–Crippen LogP) is 2.81. The molecule has 0 aliphatic carbocycles. The van der Waals surface area contributed by atoms with E-state index < -0.39 is 16.0 Å². The molecule has 0 spiro atoms. The molecule has 2 aliphatic rings. The van der Waals surface area contributed by atoms with E-state index in [1.54, 1.807) is 17.0 Å². The average Bonchev–Trinajstić information content (AvgIpc) is 2.72. The van der Waals surface area contributed by atoms with Crippen LogP contribution in [-0.2, 0) is 19.6 Å². The summed E-state index contributed by atoms with van der Waals surface area (Å²) in [4.78, 5) is 26.8. The van der Waals surface area contributed by atoms with Crippen LogP contribution in [0.3, 0.4) is 0 Å². The minimum absolute atomic E-state index is 0.0152. The molecule has 0 atom stereocenters. The number of carbonyl (C=O) groups excluding carboxylic acids is 2. The third kappa shape index (κ3) is 5.57. The van der Waals surface area contributed by atoms with Gasteiger partial charge in [0.25, 0.3) is 5.91 Å². The maximum absolute atomic E-state index is 13.0. The van der Waals surface area contributed by atoms with E-state index in [0.717, 1.165) is 44.9 Å². The van der Waals surface area contributed by atoms with E-state index >= 15 is 0 Å². The van der Waals surface area contributed by atoms with Gasteiger partial charge in [0.2, 0.25) is 10.0 Å². The number of hydrogen-bond acceptors (Lipinski definition) is 5. The summed E-state index contributed by atoms with van der Waals surface area (Å²) in [5.41, 5.74) is -0.0152. The van der Waals surface area contributed by atoms with Crippen LogP contribution in [0.5, 0.6) is 0 Å². The minimum Gasteiger partial charge on any atom is -0.452 e. The molecule has 0 N–H and O–H groups in total. The summed E-state index contributed by atoms with van der Waals surface area (Å²) in [5, 5.41) is 0. The lowest BCUT2D eigenvalue weighted by Gasteiger charge is -2.26. The van der Waals surface area contributed by atoms with Crippen LogP contribution in [0, 0.1) is 0 Å². The summed E-state index contributed by atoms with van der Waals surface area (Å²) in [6.45, 7) is 1.90.